The van der Waals surface area contributed by atoms with E-state index in [1.807, 2.05) is 0 Å². The second kappa shape index (κ2) is 4.99. The largest absolute Gasteiger partial charge is 0.391 e. The fourth-order valence-electron chi connectivity index (χ4n) is 1.57. The van der Waals surface area contributed by atoms with Gasteiger partial charge in [-0.15, -0.1) is 0 Å². The molecule has 1 aromatic rings. The van der Waals surface area contributed by atoms with Crippen LogP contribution in [0.25, 0.3) is 0 Å². The van der Waals surface area contributed by atoms with Crippen LogP contribution in [-0.2, 0) is 13.2 Å². The molecule has 0 spiro atoms. The van der Waals surface area contributed by atoms with Crippen LogP contribution in [0.2, 0.25) is 5.15 Å². The van der Waals surface area contributed by atoms with E-state index in [9.17, 15) is 5.11 Å². The Morgan fingerprint density at radius 1 is 1.33 bits per heavy atom. The van der Waals surface area contributed by atoms with E-state index < -0.39 is 0 Å². The molecule has 3 nitrogen and oxygen atoms in total. The summed E-state index contributed by atoms with van der Waals surface area (Å²) in [5.41, 5.74) is 1.68. The van der Waals surface area contributed by atoms with Crippen LogP contribution < -0.4 is 0 Å². The average Bonchev–Trinajstić information content (AvgIpc) is 2.43. The molecule has 1 aromatic heterocycles. The first-order valence-electron chi connectivity index (χ1n) is 5.33. The summed E-state index contributed by atoms with van der Waals surface area (Å²) in [6, 6.07) is 0. The fraction of sp³-hybridized carbons (Fsp3) is 0.727. The van der Waals surface area contributed by atoms with E-state index in [1.165, 1.54) is 0 Å². The van der Waals surface area contributed by atoms with Crippen molar-refractivity contribution in [3.63, 3.8) is 0 Å². The van der Waals surface area contributed by atoms with Gasteiger partial charge in [-0.1, -0.05) is 39.3 Å². The van der Waals surface area contributed by atoms with Crippen LogP contribution >= 0.6 is 11.6 Å². The number of aliphatic hydroxyl groups excluding tert-OH is 1. The number of hydrogen-bond acceptors (Lipinski definition) is 2. The molecule has 0 unspecified atom stereocenters. The summed E-state index contributed by atoms with van der Waals surface area (Å²) in [4.78, 5) is 0. The smallest absolute Gasteiger partial charge is 0.132 e. The van der Waals surface area contributed by atoms with Gasteiger partial charge in [0.2, 0.25) is 0 Å². The Balaban J connectivity index is 3.09. The monoisotopic (exact) mass is 230 g/mol. The number of halogens is 1. The van der Waals surface area contributed by atoms with Gasteiger partial charge in [-0.2, -0.15) is 5.10 Å². The minimum Gasteiger partial charge on any atom is -0.391 e. The molecular formula is C11H19ClN2O. The van der Waals surface area contributed by atoms with E-state index in [-0.39, 0.29) is 12.5 Å². The van der Waals surface area contributed by atoms with E-state index in [1.54, 1.807) is 4.68 Å². The molecule has 15 heavy (non-hydrogen) atoms. The Kier molecular flexibility index (Phi) is 4.17. The topological polar surface area (TPSA) is 38.0 Å². The summed E-state index contributed by atoms with van der Waals surface area (Å²) in [5.74, 6) is 0.784. The van der Waals surface area contributed by atoms with Crippen molar-refractivity contribution < 1.29 is 5.11 Å². The highest BCUT2D eigenvalue weighted by Crippen LogP contribution is 2.26. The van der Waals surface area contributed by atoms with E-state index >= 15 is 0 Å². The van der Waals surface area contributed by atoms with Crippen molar-refractivity contribution in [1.29, 1.82) is 0 Å². The third-order valence-corrected chi connectivity index (χ3v) is 2.68. The van der Waals surface area contributed by atoms with Crippen molar-refractivity contribution in [1.82, 2.24) is 9.78 Å². The highest BCUT2D eigenvalue weighted by Gasteiger charge is 2.18. The van der Waals surface area contributed by atoms with E-state index in [0.717, 1.165) is 17.8 Å². The van der Waals surface area contributed by atoms with Crippen LogP contribution in [0, 0.1) is 5.92 Å². The third-order valence-electron chi connectivity index (χ3n) is 2.26. The fourth-order valence-corrected chi connectivity index (χ4v) is 1.84. The molecule has 0 bridgehead atoms. The molecule has 4 heteroatoms. The summed E-state index contributed by atoms with van der Waals surface area (Å²) in [7, 11) is 0. The molecular weight excluding hydrogens is 212 g/mol. The zero-order valence-electron chi connectivity index (χ0n) is 9.79. The molecule has 0 fully saturated rings. The summed E-state index contributed by atoms with van der Waals surface area (Å²) in [6.07, 6.45) is 0. The average molecular weight is 231 g/mol. The van der Waals surface area contributed by atoms with Crippen molar-refractivity contribution in [3.05, 3.63) is 16.4 Å². The Labute approximate surface area is 96.1 Å². The van der Waals surface area contributed by atoms with Gasteiger partial charge in [0.1, 0.15) is 5.15 Å². The highest BCUT2D eigenvalue weighted by atomic mass is 35.5. The summed E-state index contributed by atoms with van der Waals surface area (Å²) in [5, 5.41) is 14.3. The lowest BCUT2D eigenvalue weighted by molar-refractivity contribution is 0.280. The number of nitrogens with zero attached hydrogens (tertiary/aromatic N) is 2. The lowest BCUT2D eigenvalue weighted by Crippen LogP contribution is -2.06. The van der Waals surface area contributed by atoms with Crippen molar-refractivity contribution in [3.8, 4) is 0 Å². The molecule has 0 atom stereocenters. The first kappa shape index (κ1) is 12.5. The van der Waals surface area contributed by atoms with Gasteiger partial charge >= 0.3 is 0 Å². The Morgan fingerprint density at radius 3 is 2.27 bits per heavy atom. The van der Waals surface area contributed by atoms with Crippen LogP contribution in [0.5, 0.6) is 0 Å². The molecule has 0 saturated heterocycles. The summed E-state index contributed by atoms with van der Waals surface area (Å²) in [6.45, 7) is 9.09. The van der Waals surface area contributed by atoms with Gasteiger partial charge in [0, 0.05) is 12.1 Å². The van der Waals surface area contributed by atoms with E-state index in [2.05, 4.69) is 32.8 Å². The van der Waals surface area contributed by atoms with Gasteiger partial charge in [-0.25, -0.2) is 0 Å². The predicted molar refractivity (Wildman–Crippen MR) is 62.1 cm³/mol. The normalized spacial score (nSPS) is 11.7. The number of aliphatic hydroxyl groups is 1. The van der Waals surface area contributed by atoms with Gasteiger partial charge in [0.05, 0.1) is 12.3 Å². The van der Waals surface area contributed by atoms with Gasteiger partial charge in [-0.3, -0.25) is 4.68 Å². The predicted octanol–water partition coefficient (Wildman–Crippen LogP) is 2.81. The van der Waals surface area contributed by atoms with Crippen LogP contribution in [0.15, 0.2) is 0 Å². The molecule has 0 saturated carbocycles. The standard InChI is InChI=1S/C11H19ClN2O/c1-7(2)5-14-11(12)9(6-15)10(13-14)8(3)4/h7-8,15H,5-6H2,1-4H3. The first-order chi connectivity index (χ1) is 6.97. The number of rotatable bonds is 4. The van der Waals surface area contributed by atoms with Crippen molar-refractivity contribution in [2.75, 3.05) is 0 Å². The van der Waals surface area contributed by atoms with E-state index in [0.29, 0.717) is 11.1 Å². The van der Waals surface area contributed by atoms with Gasteiger partial charge in [-0.05, 0) is 11.8 Å². The Bertz CT molecular complexity index is 332. The molecule has 0 aromatic carbocycles. The summed E-state index contributed by atoms with van der Waals surface area (Å²) >= 11 is 6.16. The maximum Gasteiger partial charge on any atom is 0.132 e. The van der Waals surface area contributed by atoms with Crippen molar-refractivity contribution in [2.45, 2.75) is 46.8 Å². The molecule has 0 radical (unpaired) electrons. The number of hydrogen-bond donors (Lipinski definition) is 1. The zero-order chi connectivity index (χ0) is 11.6. The van der Waals surface area contributed by atoms with Crippen LogP contribution in [0.1, 0.15) is 44.9 Å². The first-order valence-corrected chi connectivity index (χ1v) is 5.71. The second-order valence-corrected chi connectivity index (χ2v) is 4.90. The summed E-state index contributed by atoms with van der Waals surface area (Å²) < 4.78 is 1.78. The lowest BCUT2D eigenvalue weighted by Gasteiger charge is -2.05. The number of aromatic nitrogens is 2. The van der Waals surface area contributed by atoms with Crippen molar-refractivity contribution in [2.24, 2.45) is 5.92 Å². The van der Waals surface area contributed by atoms with Gasteiger partial charge in [0.25, 0.3) is 0 Å². The lowest BCUT2D eigenvalue weighted by atomic mass is 10.1. The van der Waals surface area contributed by atoms with Crippen molar-refractivity contribution >= 4 is 11.6 Å². The molecule has 86 valence electrons. The molecule has 0 aliphatic carbocycles. The minimum atomic E-state index is -0.0373. The maximum absolute atomic E-state index is 9.26. The molecule has 0 amide bonds. The molecule has 1 N–H and O–H groups in total. The SMILES string of the molecule is CC(C)Cn1nc(C(C)C)c(CO)c1Cl. The van der Waals surface area contributed by atoms with Crippen LogP contribution in [0.4, 0.5) is 0 Å². The quantitative estimate of drug-likeness (QED) is 0.864. The molecule has 1 rings (SSSR count). The Morgan fingerprint density at radius 2 is 1.93 bits per heavy atom. The minimum absolute atomic E-state index is 0.0373. The zero-order valence-corrected chi connectivity index (χ0v) is 10.5. The Hall–Kier alpha value is -0.540. The molecule has 0 aliphatic rings. The third kappa shape index (κ3) is 2.73. The van der Waals surface area contributed by atoms with Gasteiger partial charge < -0.3 is 5.11 Å². The molecule has 0 aliphatic heterocycles. The van der Waals surface area contributed by atoms with Crippen LogP contribution in [-0.4, -0.2) is 14.9 Å². The molecule has 1 heterocycles. The second-order valence-electron chi connectivity index (χ2n) is 4.54. The van der Waals surface area contributed by atoms with E-state index in [4.69, 9.17) is 11.6 Å². The maximum atomic E-state index is 9.26. The highest BCUT2D eigenvalue weighted by molar-refractivity contribution is 6.30. The van der Waals surface area contributed by atoms with Gasteiger partial charge in [0.15, 0.2) is 0 Å². The van der Waals surface area contributed by atoms with Crippen LogP contribution in [0.3, 0.4) is 0 Å².